The van der Waals surface area contributed by atoms with Crippen LogP contribution >= 0.6 is 24.2 Å². The largest absolute Gasteiger partial charge is 0.468 e. The smallest absolute Gasteiger partial charge is 0.408 e. The second kappa shape index (κ2) is 22.0. The molecule has 0 spiro atoms. The number of methoxy groups -OCH3 is 1. The van der Waals surface area contributed by atoms with Crippen molar-refractivity contribution in [3.05, 3.63) is 71.8 Å². The van der Waals surface area contributed by atoms with E-state index in [0.717, 1.165) is 18.2 Å². The van der Waals surface area contributed by atoms with Crippen molar-refractivity contribution < 1.29 is 43.0 Å². The van der Waals surface area contributed by atoms with Crippen LogP contribution in [0.5, 0.6) is 0 Å². The van der Waals surface area contributed by atoms with E-state index in [1.807, 2.05) is 6.07 Å². The summed E-state index contributed by atoms with van der Waals surface area (Å²) in [5.74, 6) is -3.86. The van der Waals surface area contributed by atoms with Gasteiger partial charge in [-0.15, -0.1) is 12.4 Å². The quantitative estimate of drug-likeness (QED) is 0.116. The zero-order valence-electron chi connectivity index (χ0n) is 25.8. The summed E-state index contributed by atoms with van der Waals surface area (Å²) in [6.45, 7) is 0.00527. The lowest BCUT2D eigenvalue weighted by molar-refractivity contribution is -0.141. The lowest BCUT2D eigenvalue weighted by Gasteiger charge is -2.20. The number of nitrogens with one attached hydrogen (secondary N) is 5. The maximum Gasteiger partial charge on any atom is 0.408 e. The van der Waals surface area contributed by atoms with E-state index in [1.54, 1.807) is 54.6 Å². The molecule has 2 rings (SSSR count). The number of nitrogens with two attached hydrogens (primary N) is 1. The highest BCUT2D eigenvalue weighted by Crippen LogP contribution is 2.10. The molecule has 0 heterocycles. The summed E-state index contributed by atoms with van der Waals surface area (Å²) in [5.41, 5.74) is 6.88. The van der Waals surface area contributed by atoms with Gasteiger partial charge in [0.15, 0.2) is 0 Å². The predicted octanol–water partition coefficient (Wildman–Crippen LogP) is -0.441. The topological polar surface area (TPSA) is 224 Å². The lowest BCUT2D eigenvalue weighted by atomic mass is 10.1. The molecule has 0 aliphatic carbocycles. The monoisotopic (exact) mass is 694 g/mol. The van der Waals surface area contributed by atoms with Gasteiger partial charge in [-0.25, -0.2) is 4.79 Å². The summed E-state index contributed by atoms with van der Waals surface area (Å²) < 4.78 is 9.62. The maximum absolute atomic E-state index is 12.9. The van der Waals surface area contributed by atoms with Crippen LogP contribution in [0.3, 0.4) is 0 Å². The van der Waals surface area contributed by atoms with E-state index in [0.29, 0.717) is 11.8 Å². The molecule has 256 valence electrons. The van der Waals surface area contributed by atoms with Gasteiger partial charge in [-0.1, -0.05) is 72.4 Å². The fourth-order valence-corrected chi connectivity index (χ4v) is 4.55. The first-order valence-corrected chi connectivity index (χ1v) is 15.1. The number of rotatable bonds is 17. The molecule has 47 heavy (non-hydrogen) atoms. The van der Waals surface area contributed by atoms with Crippen LogP contribution in [-0.4, -0.2) is 91.4 Å². The molecule has 2 aromatic carbocycles. The molecule has 15 nitrogen and oxygen atoms in total. The highest BCUT2D eigenvalue weighted by molar-refractivity contribution is 8.13. The van der Waals surface area contributed by atoms with E-state index >= 15 is 0 Å². The molecule has 0 fully saturated rings. The number of benzene rings is 2. The van der Waals surface area contributed by atoms with Crippen LogP contribution in [0.2, 0.25) is 0 Å². The van der Waals surface area contributed by atoms with E-state index in [1.165, 1.54) is 6.92 Å². The number of carbonyl (C=O) groups excluding carboxylic acids is 7. The predicted molar refractivity (Wildman–Crippen MR) is 175 cm³/mol. The first-order valence-electron chi connectivity index (χ1n) is 14.1. The Balaban J connectivity index is 0.0000110. The van der Waals surface area contributed by atoms with Crippen LogP contribution in [0.1, 0.15) is 18.1 Å². The molecule has 0 aliphatic heterocycles. The minimum atomic E-state index is -1.32. The van der Waals surface area contributed by atoms with E-state index in [2.05, 4.69) is 31.3 Å². The fraction of sp³-hybridized carbons (Fsp3) is 0.367. The third-order valence-corrected chi connectivity index (χ3v) is 7.26. The molecule has 17 heteroatoms. The molecule has 0 saturated carbocycles. The average Bonchev–Trinajstić information content (AvgIpc) is 3.06. The van der Waals surface area contributed by atoms with Crippen molar-refractivity contribution in [1.29, 1.82) is 0 Å². The van der Waals surface area contributed by atoms with E-state index in [4.69, 9.17) is 10.5 Å². The van der Waals surface area contributed by atoms with Crippen LogP contribution < -0.4 is 32.3 Å². The summed E-state index contributed by atoms with van der Waals surface area (Å²) in [7, 11) is 1.13. The third-order valence-electron chi connectivity index (χ3n) is 6.12. The first kappa shape index (κ1) is 40.4. The molecular formula is C30H39ClN6O9S. The van der Waals surface area contributed by atoms with Crippen LogP contribution in [0.25, 0.3) is 0 Å². The molecule has 0 aliphatic rings. The number of amides is 5. The SMILES string of the molecule is COC(=O)CNC(=O)[C@H](CSC(=O)[C@H](C)NC(=O)OCc1ccccc1)NC(=O)CNC(=O)[C@H](Cc1ccccc1)NC(=O)CN.Cl. The molecule has 0 bridgehead atoms. The van der Waals surface area contributed by atoms with E-state index < -0.39 is 72.0 Å². The molecule has 0 saturated heterocycles. The van der Waals surface area contributed by atoms with E-state index in [-0.39, 0.29) is 37.7 Å². The number of carbonyl (C=O) groups is 7. The van der Waals surface area contributed by atoms with Gasteiger partial charge in [0, 0.05) is 12.2 Å². The highest BCUT2D eigenvalue weighted by Gasteiger charge is 2.26. The summed E-state index contributed by atoms with van der Waals surface area (Å²) in [4.78, 5) is 86.7. The van der Waals surface area contributed by atoms with Gasteiger partial charge in [0.05, 0.1) is 26.2 Å². The molecule has 0 aromatic heterocycles. The lowest BCUT2D eigenvalue weighted by Crippen LogP contribution is -2.54. The Morgan fingerprint density at radius 3 is 1.91 bits per heavy atom. The van der Waals surface area contributed by atoms with Crippen molar-refractivity contribution >= 4 is 65.0 Å². The van der Waals surface area contributed by atoms with Gasteiger partial charge in [0.25, 0.3) is 0 Å². The Morgan fingerprint density at radius 2 is 1.32 bits per heavy atom. The van der Waals surface area contributed by atoms with Gasteiger partial charge in [0.1, 0.15) is 25.2 Å². The molecule has 0 unspecified atom stereocenters. The van der Waals surface area contributed by atoms with Crippen LogP contribution in [0.15, 0.2) is 60.7 Å². The number of thioether (sulfide) groups is 1. The zero-order valence-corrected chi connectivity index (χ0v) is 27.4. The minimum Gasteiger partial charge on any atom is -0.468 e. The molecular weight excluding hydrogens is 656 g/mol. The van der Waals surface area contributed by atoms with E-state index in [9.17, 15) is 33.6 Å². The molecule has 3 atom stereocenters. The van der Waals surface area contributed by atoms with Gasteiger partial charge < -0.3 is 41.8 Å². The Morgan fingerprint density at radius 1 is 0.766 bits per heavy atom. The average molecular weight is 695 g/mol. The number of hydrogen-bond acceptors (Lipinski definition) is 11. The summed E-state index contributed by atoms with van der Waals surface area (Å²) in [6.07, 6.45) is -0.696. The number of hydrogen-bond donors (Lipinski definition) is 6. The molecule has 0 radical (unpaired) electrons. The normalized spacial score (nSPS) is 12.1. The second-order valence-corrected chi connectivity index (χ2v) is 10.7. The molecule has 2 aromatic rings. The van der Waals surface area contributed by atoms with Gasteiger partial charge in [0.2, 0.25) is 28.7 Å². The third kappa shape index (κ3) is 15.9. The Hall–Kier alpha value is -4.67. The van der Waals surface area contributed by atoms with Crippen molar-refractivity contribution in [3.63, 3.8) is 0 Å². The van der Waals surface area contributed by atoms with Crippen molar-refractivity contribution in [3.8, 4) is 0 Å². The van der Waals surface area contributed by atoms with Gasteiger partial charge in [-0.3, -0.25) is 28.8 Å². The van der Waals surface area contributed by atoms with Gasteiger partial charge in [-0.05, 0) is 18.1 Å². The van der Waals surface area contributed by atoms with Crippen molar-refractivity contribution in [2.45, 2.75) is 38.1 Å². The first-order chi connectivity index (χ1) is 22.0. The number of esters is 1. The maximum atomic E-state index is 12.9. The Bertz CT molecular complexity index is 1350. The second-order valence-electron chi connectivity index (χ2n) is 9.70. The number of alkyl carbamates (subject to hydrolysis) is 1. The Kier molecular flexibility index (Phi) is 18.9. The van der Waals surface area contributed by atoms with Gasteiger partial charge in [-0.2, -0.15) is 0 Å². The van der Waals surface area contributed by atoms with Crippen LogP contribution in [0, 0.1) is 0 Å². The molecule has 5 amide bonds. The van der Waals surface area contributed by atoms with Crippen LogP contribution in [-0.2, 0) is 51.3 Å². The van der Waals surface area contributed by atoms with Gasteiger partial charge >= 0.3 is 12.1 Å². The fourth-order valence-electron chi connectivity index (χ4n) is 3.68. The zero-order chi connectivity index (χ0) is 33.9. The van der Waals surface area contributed by atoms with Crippen LogP contribution in [0.4, 0.5) is 4.79 Å². The summed E-state index contributed by atoms with van der Waals surface area (Å²) in [6, 6.07) is 14.4. The standard InChI is InChI=1S/C30H38N6O9S.ClH/c1-19(34-30(43)45-17-21-11-7-4-8-12-21)29(42)46-18-23(28(41)33-16-26(39)44-2)36-25(38)15-32-27(40)22(35-24(37)14-31)13-20-9-5-3-6-10-20;/h3-12,19,22-23H,13-18,31H2,1-2H3,(H,32,40)(H,33,41)(H,34,43)(H,35,37)(H,36,38);1H/t19-,22-,23-;/m0./s1. The van der Waals surface area contributed by atoms with Crippen molar-refractivity contribution in [2.75, 3.05) is 32.5 Å². The Labute approximate surface area is 282 Å². The van der Waals surface area contributed by atoms with Crippen molar-refractivity contribution in [1.82, 2.24) is 26.6 Å². The number of ether oxygens (including phenoxy) is 2. The summed E-state index contributed by atoms with van der Waals surface area (Å²) >= 11 is 0.652. The highest BCUT2D eigenvalue weighted by atomic mass is 35.5. The van der Waals surface area contributed by atoms with Crippen molar-refractivity contribution in [2.24, 2.45) is 5.73 Å². The molecule has 7 N–H and O–H groups in total. The summed E-state index contributed by atoms with van der Waals surface area (Å²) in [5, 5.41) is 11.5. The minimum absolute atomic E-state index is 0. The number of halogens is 1.